The van der Waals surface area contributed by atoms with Gasteiger partial charge in [0.1, 0.15) is 31.5 Å². The third kappa shape index (κ3) is 11.6. The maximum atomic E-state index is 16.7. The molecule has 460 valence electrons. The van der Waals surface area contributed by atoms with Crippen LogP contribution >= 0.6 is 0 Å². The lowest BCUT2D eigenvalue weighted by Gasteiger charge is -2.38. The Balaban J connectivity index is 0.894. The lowest BCUT2D eigenvalue weighted by Crippen LogP contribution is -2.61. The summed E-state index contributed by atoms with van der Waals surface area (Å²) >= 11 is 0. The van der Waals surface area contributed by atoms with Crippen LogP contribution in [0.15, 0.2) is 59.2 Å². The Morgan fingerprint density at radius 1 is 0.919 bits per heavy atom. The molecule has 7 N–H and O–H groups in total. The molecule has 2 aromatic carbocycles. The number of aliphatic hydroxyl groups excluding tert-OH is 4. The number of hydrogen-bond acceptors (Lipinski definition) is 24. The number of pyridine rings is 2. The van der Waals surface area contributed by atoms with Crippen LogP contribution in [0.1, 0.15) is 85.6 Å². The second-order valence-corrected chi connectivity index (χ2v) is 24.4. The molecule has 0 unspecified atom stereocenters. The molecule has 10 rings (SSSR count). The predicted octanol–water partition coefficient (Wildman–Crippen LogP) is 0.456. The summed E-state index contributed by atoms with van der Waals surface area (Å²) in [6.45, 7) is 8.54. The number of cyclic esters (lactones) is 1. The number of imide groups is 1. The molecule has 4 aromatic rings. The van der Waals surface area contributed by atoms with E-state index in [-0.39, 0.29) is 84.8 Å². The summed E-state index contributed by atoms with van der Waals surface area (Å²) in [5.74, 6) is -8.81. The third-order valence-corrected chi connectivity index (χ3v) is 16.2. The molecule has 1 fully saturated rings. The first-order valence-corrected chi connectivity index (χ1v) is 28.5. The molecule has 5 aliphatic heterocycles. The summed E-state index contributed by atoms with van der Waals surface area (Å²) in [6.07, 6.45) is -5.93. The largest absolute Gasteiger partial charge is 0.501 e. The number of carbonyl (C=O) groups is 6. The number of aryl methyl sites for hydroxylation is 2. The average molecular weight is 1220 g/mol. The van der Waals surface area contributed by atoms with E-state index < -0.39 is 135 Å². The van der Waals surface area contributed by atoms with Gasteiger partial charge in [-0.25, -0.2) is 23.8 Å². The Morgan fingerprint density at radius 3 is 2.33 bits per heavy atom. The van der Waals surface area contributed by atoms with Crippen molar-refractivity contribution in [2.75, 3.05) is 46.5 Å². The van der Waals surface area contributed by atoms with Crippen LogP contribution in [0.5, 0.6) is 17.2 Å². The molecule has 0 spiro atoms. The normalized spacial score (nSPS) is 22.4. The summed E-state index contributed by atoms with van der Waals surface area (Å²) < 4.78 is 85.5. The van der Waals surface area contributed by atoms with Crippen LogP contribution in [0.2, 0.25) is 0 Å². The lowest BCUT2D eigenvalue weighted by atomic mass is 9.85. The minimum Gasteiger partial charge on any atom is -0.479 e. The van der Waals surface area contributed by atoms with Gasteiger partial charge in [0.25, 0.3) is 23.3 Å². The van der Waals surface area contributed by atoms with Crippen molar-refractivity contribution in [3.63, 3.8) is 0 Å². The van der Waals surface area contributed by atoms with Gasteiger partial charge in [0.2, 0.25) is 11.9 Å². The highest BCUT2D eigenvalue weighted by molar-refractivity contribution is 7.82. The van der Waals surface area contributed by atoms with Gasteiger partial charge in [-0.2, -0.15) is 0 Å². The molecule has 6 atom stereocenters. The van der Waals surface area contributed by atoms with E-state index in [1.165, 1.54) is 47.7 Å². The number of fused-ring (bicyclic) bond motifs is 5. The lowest BCUT2D eigenvalue weighted by molar-refractivity contribution is -0.271. The quantitative estimate of drug-likeness (QED) is 0.0387. The van der Waals surface area contributed by atoms with E-state index >= 15 is 4.39 Å². The van der Waals surface area contributed by atoms with Crippen LogP contribution in [0, 0.1) is 16.6 Å². The van der Waals surface area contributed by atoms with Gasteiger partial charge < -0.3 is 72.5 Å². The summed E-state index contributed by atoms with van der Waals surface area (Å²) in [5, 5.41) is 53.1. The number of carboxylic acids is 1. The number of rotatable bonds is 21. The van der Waals surface area contributed by atoms with Crippen LogP contribution in [-0.4, -0.2) is 171 Å². The van der Waals surface area contributed by atoms with E-state index in [1.54, 1.807) is 11.2 Å². The van der Waals surface area contributed by atoms with E-state index in [9.17, 15) is 67.5 Å². The van der Waals surface area contributed by atoms with Crippen molar-refractivity contribution in [2.24, 2.45) is 10.8 Å². The molecule has 86 heavy (non-hydrogen) atoms. The Morgan fingerprint density at radius 2 is 1.63 bits per heavy atom. The number of ether oxygens (including phenoxy) is 5. The molecule has 7 heterocycles. The molecular formula is C56H62FN7O21S. The van der Waals surface area contributed by atoms with E-state index in [1.807, 2.05) is 27.7 Å². The summed E-state index contributed by atoms with van der Waals surface area (Å²) in [6, 6.07) is 5.56. The van der Waals surface area contributed by atoms with Crippen LogP contribution in [0.25, 0.3) is 22.3 Å². The number of benzene rings is 2. The second-order valence-electron chi connectivity index (χ2n) is 23.2. The van der Waals surface area contributed by atoms with Crippen LogP contribution in [0.4, 0.5) is 4.39 Å². The van der Waals surface area contributed by atoms with Crippen molar-refractivity contribution < 1.29 is 99.2 Å². The second kappa shape index (κ2) is 23.0. The standard InChI is InChI=1S/C56H62FN7O21S/c1-7-56(83-41(68)21-65)33-16-36-43-31(20-63(36)50(73)32(33)22-80-53(56)76)29-9-8-10-30-42(29)35(58-43)17-34(57)47(30)85-86(77,78)84-38-15-27(11-12-37(38)81-52-46(71)44(69)45(70)48(82-52)51(74)75)49(72)61(6)23-54(2,3)25-79-26-55(4,5)24-62-18-28(59-60-62)19-64-39(66)13-14-40(64)67/h11-18,44-46,48,52,59-60,65,69-71H,7-10,19-26H2,1-6H3,(H,74,75)/t44-,45-,46+,48-,52+,56-/m0/s1. The Kier molecular flexibility index (Phi) is 16.3. The molecule has 1 aliphatic carbocycles. The molecular weight excluding hydrogens is 1160 g/mol. The highest BCUT2D eigenvalue weighted by atomic mass is 32.3. The van der Waals surface area contributed by atoms with Gasteiger partial charge in [0, 0.05) is 83.0 Å². The molecule has 30 heteroatoms. The van der Waals surface area contributed by atoms with Gasteiger partial charge in [0.05, 0.1) is 54.5 Å². The zero-order chi connectivity index (χ0) is 62.1. The average Bonchev–Trinajstić information content (AvgIpc) is 1.45. The van der Waals surface area contributed by atoms with Crippen molar-refractivity contribution in [3.8, 4) is 28.6 Å². The number of aliphatic hydroxyl groups is 4. The van der Waals surface area contributed by atoms with Crippen LogP contribution < -0.4 is 29.6 Å². The van der Waals surface area contributed by atoms with Crippen molar-refractivity contribution >= 4 is 56.9 Å². The fraction of sp³-hybridized carbons (Fsp3) is 0.464. The Hall–Kier alpha value is -8.10. The minimum absolute atomic E-state index is 0.0220. The number of halogens is 1. The molecule has 0 bridgehead atoms. The van der Waals surface area contributed by atoms with E-state index in [2.05, 4.69) is 11.0 Å². The van der Waals surface area contributed by atoms with E-state index in [0.717, 1.165) is 23.1 Å². The zero-order valence-electron chi connectivity index (χ0n) is 47.3. The molecule has 1 saturated heterocycles. The molecule has 28 nitrogen and oxygen atoms in total. The van der Waals surface area contributed by atoms with Crippen molar-refractivity contribution in [3.05, 3.63) is 104 Å². The first-order valence-electron chi connectivity index (χ1n) is 27.2. The monoisotopic (exact) mass is 1220 g/mol. The van der Waals surface area contributed by atoms with Gasteiger partial charge in [-0.15, -0.1) is 14.0 Å². The summed E-state index contributed by atoms with van der Waals surface area (Å²) in [5.41, 5.74) is 4.19. The first kappa shape index (κ1) is 61.0. The van der Waals surface area contributed by atoms with Gasteiger partial charge >= 0.3 is 28.3 Å². The van der Waals surface area contributed by atoms with Gasteiger partial charge in [-0.05, 0) is 55.5 Å². The number of carboxylic acid groups (broad SMARTS) is 1. The van der Waals surface area contributed by atoms with Crippen molar-refractivity contribution in [1.29, 1.82) is 0 Å². The third-order valence-electron chi connectivity index (χ3n) is 15.5. The number of hydrazine groups is 2. The first-order chi connectivity index (χ1) is 40.5. The number of hydrogen-bond donors (Lipinski definition) is 7. The number of amides is 3. The molecule has 0 radical (unpaired) electrons. The topological polar surface area (TPSA) is 371 Å². The number of esters is 2. The maximum absolute atomic E-state index is 16.7. The summed E-state index contributed by atoms with van der Waals surface area (Å²) in [4.78, 5) is 97.5. The van der Waals surface area contributed by atoms with Crippen molar-refractivity contribution in [2.45, 2.75) is 110 Å². The smallest absolute Gasteiger partial charge is 0.479 e. The highest BCUT2D eigenvalue weighted by Crippen LogP contribution is 2.46. The molecule has 2 aromatic heterocycles. The number of aromatic nitrogens is 2. The van der Waals surface area contributed by atoms with Gasteiger partial charge in [-0.1, -0.05) is 34.6 Å². The van der Waals surface area contributed by atoms with E-state index in [4.69, 9.17) is 37.0 Å². The number of aliphatic carboxylic acids is 1. The summed E-state index contributed by atoms with van der Waals surface area (Å²) in [7, 11) is -4.03. The number of nitrogens with one attached hydrogen (secondary N) is 2. The predicted molar refractivity (Wildman–Crippen MR) is 291 cm³/mol. The number of nitrogens with zero attached hydrogens (tertiary/aromatic N) is 5. The molecule has 6 aliphatic rings. The van der Waals surface area contributed by atoms with Gasteiger partial charge in [-0.3, -0.25) is 29.1 Å². The highest BCUT2D eigenvalue weighted by Gasteiger charge is 2.51. The van der Waals surface area contributed by atoms with Crippen LogP contribution in [-0.2, 0) is 84.9 Å². The van der Waals surface area contributed by atoms with Crippen LogP contribution in [0.3, 0.4) is 0 Å². The molecule has 0 saturated carbocycles. The zero-order valence-corrected chi connectivity index (χ0v) is 48.1. The van der Waals surface area contributed by atoms with Gasteiger partial charge in [0.15, 0.2) is 29.2 Å². The van der Waals surface area contributed by atoms with E-state index in [0.29, 0.717) is 41.6 Å². The van der Waals surface area contributed by atoms with Crippen molar-refractivity contribution in [1.82, 2.24) is 35.3 Å². The SMILES string of the molecule is CC[C@@]1(OC(=O)CO)C(=O)OCc2c1cc1n(c2=O)Cc2c-1nc1cc(F)c(OS(=O)(=O)Oc3cc(C(=O)N(C)CC(C)(C)COCC(C)(C)CN4C=C(CN5C(=O)C=CC5=O)NN4)ccc3O[C@@H]3O[C@H](C(=O)O)[C@@H](O)[C@H](O)[C@H]3O)c3c1c2CCC3. The minimum atomic E-state index is -5.50. The number of carbonyl (C=O) groups excluding carboxylic acids is 5. The Bertz CT molecular complexity index is 3740. The maximum Gasteiger partial charge on any atom is 0.501 e. The fourth-order valence-electron chi connectivity index (χ4n) is 11.5. The fourth-order valence-corrected chi connectivity index (χ4v) is 12.3. The Labute approximate surface area is 489 Å². The molecule has 3 amide bonds.